The zero-order chi connectivity index (χ0) is 12.6. The van der Waals surface area contributed by atoms with E-state index in [0.29, 0.717) is 6.07 Å². The topological polar surface area (TPSA) is 9.23 Å². The number of halogens is 7. The Labute approximate surface area is 109 Å². The van der Waals surface area contributed by atoms with E-state index in [1.807, 2.05) is 0 Å². The Morgan fingerprint density at radius 1 is 1.06 bits per heavy atom. The summed E-state index contributed by atoms with van der Waals surface area (Å²) >= 11 is 21.4. The first kappa shape index (κ1) is 14.0. The molecule has 1 rings (SSSR count). The first-order valence-corrected chi connectivity index (χ1v) is 5.23. The number of hydrogen-bond donors (Lipinski definition) is 0. The molecule has 8 heteroatoms. The molecule has 0 aromatic heterocycles. The van der Waals surface area contributed by atoms with Gasteiger partial charge < -0.3 is 4.74 Å². The van der Waals surface area contributed by atoms with Gasteiger partial charge in [0.1, 0.15) is 5.75 Å². The summed E-state index contributed by atoms with van der Waals surface area (Å²) in [7, 11) is 0. The van der Waals surface area contributed by atoms with Crippen LogP contribution in [0.3, 0.4) is 0 Å². The van der Waals surface area contributed by atoms with Gasteiger partial charge in [-0.05, 0) is 53.0 Å². The van der Waals surface area contributed by atoms with Gasteiger partial charge in [-0.1, -0.05) is 11.6 Å². The van der Waals surface area contributed by atoms with Crippen molar-refractivity contribution in [3.8, 4) is 5.75 Å². The minimum Gasteiger partial charge on any atom is -0.444 e. The van der Waals surface area contributed by atoms with Crippen molar-refractivity contribution < 1.29 is 17.9 Å². The van der Waals surface area contributed by atoms with E-state index >= 15 is 0 Å². The second-order valence-electron chi connectivity index (χ2n) is 2.69. The van der Waals surface area contributed by atoms with Crippen molar-refractivity contribution in [1.29, 1.82) is 0 Å². The Morgan fingerprint density at radius 2 is 1.62 bits per heavy atom. The molecule has 0 aliphatic carbocycles. The molecule has 0 bridgehead atoms. The summed E-state index contributed by atoms with van der Waals surface area (Å²) in [5.41, 5.74) is -0.908. The summed E-state index contributed by atoms with van der Waals surface area (Å²) < 4.78 is 39.4. The summed E-state index contributed by atoms with van der Waals surface area (Å²) in [6, 6.07) is 2.44. The monoisotopic (exact) mass is 312 g/mol. The van der Waals surface area contributed by atoms with Crippen LogP contribution in [-0.2, 0) is 6.18 Å². The van der Waals surface area contributed by atoms with Gasteiger partial charge in [0.25, 0.3) is 0 Å². The van der Waals surface area contributed by atoms with Gasteiger partial charge in [-0.3, -0.25) is 0 Å². The van der Waals surface area contributed by atoms with Gasteiger partial charge in [0.05, 0.1) is 10.6 Å². The van der Waals surface area contributed by atoms with E-state index in [2.05, 4.69) is 0 Å². The van der Waals surface area contributed by atoms with Gasteiger partial charge in [-0.2, -0.15) is 13.2 Å². The molecule has 0 aliphatic rings. The number of hydrogen-bond acceptors (Lipinski definition) is 1. The van der Waals surface area contributed by atoms with Gasteiger partial charge in [0.2, 0.25) is 0 Å². The molecule has 0 amide bonds. The molecular weight excluding hydrogens is 311 g/mol. The first-order valence-electron chi connectivity index (χ1n) is 3.72. The van der Waals surface area contributed by atoms with E-state index in [4.69, 9.17) is 51.1 Å². The van der Waals surface area contributed by atoms with Crippen molar-refractivity contribution >= 4 is 46.4 Å². The lowest BCUT2D eigenvalue weighted by atomic mass is 10.2. The van der Waals surface area contributed by atoms with Crippen LogP contribution in [0.1, 0.15) is 5.56 Å². The Morgan fingerprint density at radius 3 is 2.00 bits per heavy atom. The molecule has 1 aromatic carbocycles. The Balaban J connectivity index is 3.01. The van der Waals surface area contributed by atoms with Crippen LogP contribution < -0.4 is 4.74 Å². The lowest BCUT2D eigenvalue weighted by molar-refractivity contribution is -0.137. The Bertz CT molecular complexity index is 386. The summed E-state index contributed by atoms with van der Waals surface area (Å²) in [5.74, 6) is -0.144. The molecule has 0 N–H and O–H groups in total. The molecule has 1 nitrogen and oxygen atoms in total. The number of alkyl halides is 6. The van der Waals surface area contributed by atoms with Crippen LogP contribution in [0.15, 0.2) is 18.2 Å². The lowest BCUT2D eigenvalue weighted by Crippen LogP contribution is -2.13. The van der Waals surface area contributed by atoms with Crippen molar-refractivity contribution in [2.75, 3.05) is 0 Å². The third-order valence-electron chi connectivity index (χ3n) is 1.48. The van der Waals surface area contributed by atoms with Crippen LogP contribution >= 0.6 is 46.4 Å². The molecule has 0 saturated heterocycles. The normalized spacial score (nSPS) is 12.7. The first-order chi connectivity index (χ1) is 7.09. The van der Waals surface area contributed by atoms with Crippen LogP contribution in [0.25, 0.3) is 0 Å². The highest BCUT2D eigenvalue weighted by atomic mass is 35.6. The second-order valence-corrected chi connectivity index (χ2v) is 5.28. The van der Waals surface area contributed by atoms with Crippen molar-refractivity contribution in [2.24, 2.45) is 0 Å². The molecule has 0 unspecified atom stereocenters. The molecule has 16 heavy (non-hydrogen) atoms. The highest BCUT2D eigenvalue weighted by Crippen LogP contribution is 2.38. The number of ether oxygens (including phenoxy) is 1. The fraction of sp³-hybridized carbons (Fsp3) is 0.250. The van der Waals surface area contributed by atoms with Gasteiger partial charge in [-0.15, -0.1) is 0 Å². The minimum atomic E-state index is -4.48. The zero-order valence-corrected chi connectivity index (χ0v) is 10.3. The van der Waals surface area contributed by atoms with E-state index in [0.717, 1.165) is 12.1 Å². The minimum absolute atomic E-state index is 0.144. The third-order valence-corrected chi connectivity index (χ3v) is 2.01. The number of benzene rings is 1. The van der Waals surface area contributed by atoms with E-state index < -0.39 is 15.7 Å². The molecule has 0 saturated carbocycles. The molecule has 0 atom stereocenters. The van der Waals surface area contributed by atoms with Crippen LogP contribution in [0.2, 0.25) is 5.02 Å². The van der Waals surface area contributed by atoms with Gasteiger partial charge in [0, 0.05) is 0 Å². The van der Waals surface area contributed by atoms with E-state index in [1.165, 1.54) is 0 Å². The molecule has 0 heterocycles. The van der Waals surface area contributed by atoms with E-state index in [9.17, 15) is 13.2 Å². The largest absolute Gasteiger partial charge is 0.444 e. The standard InChI is InChI=1S/C8H3Cl4F3O/c9-5-3-4(7(13,14)15)1-2-6(5)16-8(10,11)12/h1-3H. The summed E-state index contributed by atoms with van der Waals surface area (Å²) in [4.78, 5) is 0. The lowest BCUT2D eigenvalue weighted by Gasteiger charge is -2.15. The fourth-order valence-corrected chi connectivity index (χ4v) is 1.35. The van der Waals surface area contributed by atoms with Crippen LogP contribution in [0, 0.1) is 0 Å². The molecule has 0 spiro atoms. The molecule has 0 aliphatic heterocycles. The smallest absolute Gasteiger partial charge is 0.416 e. The van der Waals surface area contributed by atoms with Crippen LogP contribution in [-0.4, -0.2) is 3.98 Å². The fourth-order valence-electron chi connectivity index (χ4n) is 0.885. The SMILES string of the molecule is FC(F)(F)c1ccc(OC(Cl)(Cl)Cl)c(Cl)c1. The maximum Gasteiger partial charge on any atom is 0.416 e. The predicted octanol–water partition coefficient (Wildman–Crippen LogP) is 5.07. The van der Waals surface area contributed by atoms with E-state index in [-0.39, 0.29) is 10.8 Å². The maximum absolute atomic E-state index is 12.3. The third kappa shape index (κ3) is 4.09. The van der Waals surface area contributed by atoms with Crippen molar-refractivity contribution in [3.05, 3.63) is 28.8 Å². The van der Waals surface area contributed by atoms with Crippen molar-refractivity contribution in [3.63, 3.8) is 0 Å². The van der Waals surface area contributed by atoms with Gasteiger partial charge >= 0.3 is 10.2 Å². The Hall–Kier alpha value is -0.0300. The van der Waals surface area contributed by atoms with Crippen LogP contribution in [0.5, 0.6) is 5.75 Å². The van der Waals surface area contributed by atoms with E-state index in [1.54, 1.807) is 0 Å². The quantitative estimate of drug-likeness (QED) is 0.658. The Kier molecular flexibility index (Phi) is 4.11. The predicted molar refractivity (Wildman–Crippen MR) is 57.4 cm³/mol. The van der Waals surface area contributed by atoms with Gasteiger partial charge in [0.15, 0.2) is 0 Å². The summed E-state index contributed by atoms with van der Waals surface area (Å²) in [6.45, 7) is 0. The molecule has 0 radical (unpaired) electrons. The number of rotatable bonds is 1. The van der Waals surface area contributed by atoms with Crippen LogP contribution in [0.4, 0.5) is 13.2 Å². The zero-order valence-electron chi connectivity index (χ0n) is 7.29. The summed E-state index contributed by atoms with van der Waals surface area (Å²) in [5, 5.41) is -0.291. The molecule has 1 aromatic rings. The highest BCUT2D eigenvalue weighted by Gasteiger charge is 2.32. The van der Waals surface area contributed by atoms with Gasteiger partial charge in [-0.25, -0.2) is 0 Å². The molecular formula is C8H3Cl4F3O. The van der Waals surface area contributed by atoms with Crippen molar-refractivity contribution in [2.45, 2.75) is 10.2 Å². The molecule has 90 valence electrons. The molecule has 0 fully saturated rings. The maximum atomic E-state index is 12.3. The highest BCUT2D eigenvalue weighted by molar-refractivity contribution is 6.66. The summed E-state index contributed by atoms with van der Waals surface area (Å²) in [6.07, 6.45) is -4.48. The average Bonchev–Trinajstić information content (AvgIpc) is 2.04. The second kappa shape index (κ2) is 4.69. The average molecular weight is 314 g/mol. The van der Waals surface area contributed by atoms with Crippen molar-refractivity contribution in [1.82, 2.24) is 0 Å².